The fourth-order valence-corrected chi connectivity index (χ4v) is 2.14. The molecule has 27 heavy (non-hydrogen) atoms. The Balaban J connectivity index is 4.58. The van der Waals surface area contributed by atoms with Crippen molar-refractivity contribution < 1.29 is 14.6 Å². The van der Waals surface area contributed by atoms with Crippen LogP contribution >= 0.6 is 0 Å². The van der Waals surface area contributed by atoms with Crippen molar-refractivity contribution in [3.8, 4) is 0 Å². The molecule has 1 radical (unpaired) electrons. The lowest BCUT2D eigenvalue weighted by atomic mass is 9.91. The van der Waals surface area contributed by atoms with Crippen LogP contribution in [0.25, 0.3) is 0 Å². The van der Waals surface area contributed by atoms with Crippen LogP contribution in [0.1, 0.15) is 60.3 Å². The third-order valence-electron chi connectivity index (χ3n) is 3.35. The molecular weight excluding hydrogens is 352 g/mol. The third-order valence-corrected chi connectivity index (χ3v) is 3.35. The molecule has 2 amide bonds. The van der Waals surface area contributed by atoms with Crippen LogP contribution in [0.5, 0.6) is 0 Å². The lowest BCUT2D eigenvalue weighted by Crippen LogP contribution is -2.47. The number of guanidine groups is 1. The van der Waals surface area contributed by atoms with E-state index in [2.05, 4.69) is 16.0 Å². The summed E-state index contributed by atoms with van der Waals surface area (Å²) >= 11 is 0. The summed E-state index contributed by atoms with van der Waals surface area (Å²) in [5, 5.41) is 24.7. The van der Waals surface area contributed by atoms with E-state index in [1.165, 1.54) is 0 Å². The molecule has 0 aliphatic rings. The molecule has 155 valence electrons. The van der Waals surface area contributed by atoms with Crippen molar-refractivity contribution in [1.82, 2.24) is 21.4 Å². The molecule has 0 fully saturated rings. The van der Waals surface area contributed by atoms with Gasteiger partial charge in [-0.2, -0.15) is 0 Å². The molecule has 10 nitrogen and oxygen atoms in total. The monoisotopic (exact) mass is 385 g/mol. The second kappa shape index (κ2) is 12.1. The highest BCUT2D eigenvalue weighted by Gasteiger charge is 2.23. The minimum atomic E-state index is -0.830. The van der Waals surface area contributed by atoms with Crippen molar-refractivity contribution in [2.45, 2.75) is 66.3 Å². The number of nitrogens with zero attached hydrogens (tertiary/aromatic N) is 1. The van der Waals surface area contributed by atoms with E-state index in [0.717, 1.165) is 6.42 Å². The molecule has 1 atom stereocenters. The molecule has 0 aromatic heterocycles. The van der Waals surface area contributed by atoms with Crippen LogP contribution in [0, 0.1) is 33.4 Å². The van der Waals surface area contributed by atoms with Gasteiger partial charge in [-0.25, -0.2) is 10.1 Å². The summed E-state index contributed by atoms with van der Waals surface area (Å²) in [5.41, 5.74) is 1.50. The highest BCUT2D eigenvalue weighted by molar-refractivity contribution is 5.88. The summed E-state index contributed by atoms with van der Waals surface area (Å²) in [6, 6.07) is -0.706. The largest absolute Gasteiger partial charge is 0.352 e. The molecule has 10 heteroatoms. The summed E-state index contributed by atoms with van der Waals surface area (Å²) in [7, 11) is 0. The van der Waals surface area contributed by atoms with Gasteiger partial charge in [-0.05, 0) is 30.6 Å². The number of hydrogen-bond acceptors (Lipinski definition) is 5. The van der Waals surface area contributed by atoms with Crippen molar-refractivity contribution in [3.05, 3.63) is 16.7 Å². The smallest absolute Gasteiger partial charge is 0.251 e. The highest BCUT2D eigenvalue weighted by Crippen LogP contribution is 2.18. The fourth-order valence-electron chi connectivity index (χ4n) is 2.14. The number of nitrogens with one attached hydrogen (secondary N) is 5. The first-order valence-electron chi connectivity index (χ1n) is 9.05. The summed E-state index contributed by atoms with van der Waals surface area (Å²) < 4.78 is 0. The van der Waals surface area contributed by atoms with Crippen LogP contribution < -0.4 is 21.4 Å². The van der Waals surface area contributed by atoms with Gasteiger partial charge in [-0.1, -0.05) is 40.0 Å². The van der Waals surface area contributed by atoms with E-state index in [1.54, 1.807) is 12.0 Å². The van der Waals surface area contributed by atoms with Gasteiger partial charge in [0, 0.05) is 19.5 Å². The van der Waals surface area contributed by atoms with Crippen LogP contribution in [-0.2, 0) is 9.59 Å². The lowest BCUT2D eigenvalue weighted by Gasteiger charge is -2.22. The van der Waals surface area contributed by atoms with E-state index >= 15 is 0 Å². The summed E-state index contributed by atoms with van der Waals surface area (Å²) in [4.78, 5) is 34.8. The minimum Gasteiger partial charge on any atom is -0.352 e. The molecule has 0 spiro atoms. The molecule has 5 N–H and O–H groups in total. The van der Waals surface area contributed by atoms with E-state index in [-0.39, 0.29) is 23.8 Å². The van der Waals surface area contributed by atoms with Crippen LogP contribution in [0.15, 0.2) is 0 Å². The zero-order chi connectivity index (χ0) is 21.0. The zero-order valence-corrected chi connectivity index (χ0v) is 16.8. The maximum Gasteiger partial charge on any atom is 0.251 e. The lowest BCUT2D eigenvalue weighted by molar-refractivity contribution is -0.525. The first-order chi connectivity index (χ1) is 12.4. The van der Waals surface area contributed by atoms with E-state index in [4.69, 9.17) is 5.41 Å². The predicted octanol–water partition coefficient (Wildman–Crippen LogP) is 1.32. The molecule has 0 bridgehead atoms. The van der Waals surface area contributed by atoms with E-state index < -0.39 is 17.0 Å². The van der Waals surface area contributed by atoms with Crippen LogP contribution in [0.3, 0.4) is 0 Å². The SMILES string of the molecule is CC(C)C[CH]NC(=O)[C@H](CCCNC(=N)N[N+](=O)[O-])NC(=O)CC(C)(C)C. The molecule has 0 aliphatic heterocycles. The van der Waals surface area contributed by atoms with Gasteiger partial charge in [0.15, 0.2) is 5.03 Å². The third kappa shape index (κ3) is 14.5. The zero-order valence-electron chi connectivity index (χ0n) is 16.8. The quantitative estimate of drug-likeness (QED) is 0.119. The molecule has 0 heterocycles. The van der Waals surface area contributed by atoms with Gasteiger partial charge >= 0.3 is 0 Å². The Morgan fingerprint density at radius 1 is 1.26 bits per heavy atom. The van der Waals surface area contributed by atoms with Gasteiger partial charge in [0.25, 0.3) is 5.96 Å². The van der Waals surface area contributed by atoms with Crippen molar-refractivity contribution in [3.63, 3.8) is 0 Å². The number of carbonyl (C=O) groups is 2. The van der Waals surface area contributed by atoms with Gasteiger partial charge in [-0.3, -0.25) is 15.0 Å². The second-order valence-electron chi connectivity index (χ2n) is 8.01. The first kappa shape index (κ1) is 24.6. The van der Waals surface area contributed by atoms with Crippen LogP contribution in [0.2, 0.25) is 0 Å². The van der Waals surface area contributed by atoms with Crippen LogP contribution in [-0.4, -0.2) is 35.4 Å². The number of amides is 2. The molecule has 0 unspecified atom stereocenters. The van der Waals surface area contributed by atoms with Gasteiger partial charge in [0.1, 0.15) is 6.04 Å². The van der Waals surface area contributed by atoms with Gasteiger partial charge in [0.2, 0.25) is 11.8 Å². The Morgan fingerprint density at radius 2 is 1.89 bits per heavy atom. The normalized spacial score (nSPS) is 12.2. The standard InChI is InChI=1S/C17H33N6O4/c1-12(2)8-10-19-15(25)13(21-14(24)11-17(3,4)5)7-6-9-20-16(18)22-23(26)27/h10,12-13H,6-9,11H2,1-5H3,(H,19,25)(H,21,24)(H3,18,20,22)/t13-/m0/s1. The topological polar surface area (TPSA) is 149 Å². The first-order valence-corrected chi connectivity index (χ1v) is 9.05. The summed E-state index contributed by atoms with van der Waals surface area (Å²) in [5.74, 6) is -0.523. The molecule has 0 saturated carbocycles. The molecule has 0 aliphatic carbocycles. The van der Waals surface area contributed by atoms with E-state index in [1.807, 2.05) is 34.6 Å². The molecular formula is C17H33N6O4. The van der Waals surface area contributed by atoms with E-state index in [9.17, 15) is 19.7 Å². The number of carbonyl (C=O) groups excluding carboxylic acids is 2. The Bertz CT molecular complexity index is 516. The maximum absolute atomic E-state index is 12.4. The van der Waals surface area contributed by atoms with E-state index in [0.29, 0.717) is 25.2 Å². The summed E-state index contributed by atoms with van der Waals surface area (Å²) in [6.07, 6.45) is 1.80. The number of hydrazine groups is 1. The number of nitro groups is 1. The Kier molecular flexibility index (Phi) is 11.0. The van der Waals surface area contributed by atoms with Crippen molar-refractivity contribution in [2.24, 2.45) is 11.3 Å². The fraction of sp³-hybridized carbons (Fsp3) is 0.765. The predicted molar refractivity (Wildman–Crippen MR) is 103 cm³/mol. The maximum atomic E-state index is 12.4. The molecule has 0 rings (SSSR count). The number of rotatable bonds is 11. The average molecular weight is 385 g/mol. The van der Waals surface area contributed by atoms with Crippen molar-refractivity contribution in [2.75, 3.05) is 6.54 Å². The molecule has 0 saturated heterocycles. The minimum absolute atomic E-state index is 0.195. The Morgan fingerprint density at radius 3 is 2.41 bits per heavy atom. The van der Waals surface area contributed by atoms with Crippen molar-refractivity contribution in [1.29, 1.82) is 5.41 Å². The highest BCUT2D eigenvalue weighted by atomic mass is 16.7. The van der Waals surface area contributed by atoms with Gasteiger partial charge < -0.3 is 16.0 Å². The van der Waals surface area contributed by atoms with Gasteiger partial charge in [-0.15, -0.1) is 0 Å². The van der Waals surface area contributed by atoms with Gasteiger partial charge in [0.05, 0.1) is 0 Å². The second-order valence-corrected chi connectivity index (χ2v) is 8.01. The van der Waals surface area contributed by atoms with Crippen molar-refractivity contribution >= 4 is 17.8 Å². The Labute approximate surface area is 160 Å². The molecule has 0 aromatic carbocycles. The van der Waals surface area contributed by atoms with Crippen LogP contribution in [0.4, 0.5) is 0 Å². The molecule has 0 aromatic rings. The number of hydrogen-bond donors (Lipinski definition) is 5. The summed E-state index contributed by atoms with van der Waals surface area (Å²) in [6.45, 7) is 11.8. The Hall–Kier alpha value is -2.39. The average Bonchev–Trinajstić information content (AvgIpc) is 2.47.